The zero-order chi connectivity index (χ0) is 37.5. The molecule has 19 rings (SSSR count). The number of hydrogen-bond donors (Lipinski definition) is 0. The molecule has 0 N–H and O–H groups in total. The summed E-state index contributed by atoms with van der Waals surface area (Å²) in [4.78, 5) is 10.8. The largest absolute Gasteiger partial charge is 0.228 e. The Kier molecular flexibility index (Phi) is 6.44. The predicted octanol–water partition coefficient (Wildman–Crippen LogP) is 13.1. The predicted molar refractivity (Wildman–Crippen MR) is 231 cm³/mol. The van der Waals surface area contributed by atoms with Crippen LogP contribution < -0.4 is 0 Å². The van der Waals surface area contributed by atoms with E-state index < -0.39 is 0 Å². The Labute approximate surface area is 344 Å². The Hall–Kier alpha value is -4.04. The second-order valence-electron chi connectivity index (χ2n) is 22.3. The molecule has 0 radical (unpaired) electrons. The fraction of sp³-hybridized carbons (Fsp3) is 0.500. The van der Waals surface area contributed by atoms with Gasteiger partial charge in [0.2, 0.25) is 0 Å². The molecule has 14 fully saturated rings. The molecule has 14 saturated carbocycles. The molecule has 8 atom stereocenters. The van der Waals surface area contributed by atoms with E-state index in [0.29, 0.717) is 10.8 Å². The Bertz CT molecular complexity index is 2290. The molecule has 290 valence electrons. The van der Waals surface area contributed by atoms with Crippen LogP contribution in [0.4, 0.5) is 0 Å². The van der Waals surface area contributed by atoms with Gasteiger partial charge in [0.15, 0.2) is 5.82 Å². The standard InChI is InChI=1S/C56H56N2/c1-2-4-35(5-3-1)36-6-8-39(9-7-36)54-57-52(37-10-14-40(15-11-37)55-29-33-20-44-42-18-31(24-48(44)55)25-49(55)45(42)21-33)28-53(58-54)38-12-16-41(17-13-38)56-30-34-22-46-43-19-32(26-50(46)56)27-51(56)47(43)23-34/h1-17,28,31-34,42-51H,18-27,29-30H2. The first-order valence-electron chi connectivity index (χ1n) is 23.9. The zero-order valence-corrected chi connectivity index (χ0v) is 33.9. The molecule has 16 bridgehead atoms. The molecule has 0 saturated heterocycles. The third-order valence-electron chi connectivity index (χ3n) is 20.6. The van der Waals surface area contributed by atoms with Crippen LogP contribution in [0.5, 0.6) is 0 Å². The van der Waals surface area contributed by atoms with Crippen molar-refractivity contribution in [1.82, 2.24) is 9.97 Å². The van der Waals surface area contributed by atoms with Crippen LogP contribution in [0.2, 0.25) is 0 Å². The molecule has 58 heavy (non-hydrogen) atoms. The zero-order valence-electron chi connectivity index (χ0n) is 33.9. The summed E-state index contributed by atoms with van der Waals surface area (Å²) in [6.45, 7) is 0. The highest BCUT2D eigenvalue weighted by Gasteiger charge is 2.71. The summed E-state index contributed by atoms with van der Waals surface area (Å²) < 4.78 is 0. The number of aromatic nitrogens is 2. The second kappa shape index (κ2) is 11.4. The minimum absolute atomic E-state index is 0.433. The number of benzene rings is 4. The molecule has 0 aliphatic heterocycles. The van der Waals surface area contributed by atoms with Gasteiger partial charge in [0.05, 0.1) is 11.4 Å². The highest BCUT2D eigenvalue weighted by molar-refractivity contribution is 5.74. The molecule has 2 nitrogen and oxygen atoms in total. The van der Waals surface area contributed by atoms with Gasteiger partial charge in [0, 0.05) is 27.5 Å². The van der Waals surface area contributed by atoms with Gasteiger partial charge in [-0.3, -0.25) is 0 Å². The average molecular weight is 757 g/mol. The summed E-state index contributed by atoms with van der Waals surface area (Å²) >= 11 is 0. The van der Waals surface area contributed by atoms with Crippen LogP contribution in [-0.2, 0) is 10.8 Å². The summed E-state index contributed by atoms with van der Waals surface area (Å²) in [6, 6.07) is 42.0. The van der Waals surface area contributed by atoms with E-state index in [1.165, 1.54) is 86.5 Å². The van der Waals surface area contributed by atoms with E-state index >= 15 is 0 Å². The lowest BCUT2D eigenvalue weighted by Crippen LogP contribution is -2.69. The lowest BCUT2D eigenvalue weighted by atomic mass is 9.30. The van der Waals surface area contributed by atoms with Crippen LogP contribution in [0.3, 0.4) is 0 Å². The summed E-state index contributed by atoms with van der Waals surface area (Å²) in [5.41, 5.74) is 12.3. The van der Waals surface area contributed by atoms with Gasteiger partial charge in [-0.25, -0.2) is 9.97 Å². The highest BCUT2D eigenvalue weighted by Crippen LogP contribution is 2.77. The fourth-order valence-corrected chi connectivity index (χ4v) is 19.2. The monoisotopic (exact) mass is 756 g/mol. The topological polar surface area (TPSA) is 25.8 Å². The molecule has 8 unspecified atom stereocenters. The van der Waals surface area contributed by atoms with E-state index in [0.717, 1.165) is 106 Å². The van der Waals surface area contributed by atoms with Crippen molar-refractivity contribution < 1.29 is 0 Å². The lowest BCUT2D eigenvalue weighted by molar-refractivity contribution is -0.220. The molecule has 0 amide bonds. The van der Waals surface area contributed by atoms with Crippen molar-refractivity contribution in [3.63, 3.8) is 0 Å². The van der Waals surface area contributed by atoms with Gasteiger partial charge < -0.3 is 0 Å². The molecule has 5 aromatic rings. The van der Waals surface area contributed by atoms with E-state index in [1.54, 1.807) is 24.0 Å². The normalized spacial score (nSPS) is 43.5. The number of nitrogens with zero attached hydrogens (tertiary/aromatic N) is 2. The van der Waals surface area contributed by atoms with Crippen LogP contribution in [-0.4, -0.2) is 9.97 Å². The van der Waals surface area contributed by atoms with E-state index in [4.69, 9.17) is 9.97 Å². The molecule has 14 aliphatic rings. The van der Waals surface area contributed by atoms with E-state index in [2.05, 4.69) is 109 Å². The van der Waals surface area contributed by atoms with Gasteiger partial charge in [0.25, 0.3) is 0 Å². The van der Waals surface area contributed by atoms with Crippen molar-refractivity contribution >= 4 is 0 Å². The van der Waals surface area contributed by atoms with Crippen LogP contribution in [0.1, 0.15) is 88.2 Å². The summed E-state index contributed by atoms with van der Waals surface area (Å²) in [6.07, 6.45) is 18.2. The van der Waals surface area contributed by atoms with E-state index in [9.17, 15) is 0 Å². The third-order valence-corrected chi connectivity index (χ3v) is 20.6. The lowest BCUT2D eigenvalue weighted by Gasteiger charge is -2.74. The van der Waals surface area contributed by atoms with Gasteiger partial charge in [-0.1, -0.05) is 103 Å². The number of hydrogen-bond acceptors (Lipinski definition) is 2. The minimum atomic E-state index is 0.433. The van der Waals surface area contributed by atoms with Gasteiger partial charge in [-0.15, -0.1) is 0 Å². The summed E-state index contributed by atoms with van der Waals surface area (Å²) in [7, 11) is 0. The SMILES string of the molecule is c1ccc(-c2ccc(-c3nc(-c4ccc(C56CC7CC8C9CC(CC85)CC6C9C7)cc4)cc(-c4ccc(C56CC7CC8C9CC(CC85)CC6C9C7)cc4)n3)cc2)cc1. The van der Waals surface area contributed by atoms with Gasteiger partial charge >= 0.3 is 0 Å². The van der Waals surface area contributed by atoms with Crippen molar-refractivity contribution in [2.45, 2.75) is 87.9 Å². The molecular weight excluding hydrogens is 701 g/mol. The molecule has 14 aliphatic carbocycles. The molecule has 1 aromatic heterocycles. The third kappa shape index (κ3) is 4.17. The van der Waals surface area contributed by atoms with Crippen LogP contribution in [0.15, 0.2) is 109 Å². The molecular formula is C56H56N2. The maximum Gasteiger partial charge on any atom is 0.160 e. The van der Waals surface area contributed by atoms with Crippen LogP contribution in [0.25, 0.3) is 45.0 Å². The quantitative estimate of drug-likeness (QED) is 0.172. The Balaban J connectivity index is 0.811. The maximum absolute atomic E-state index is 5.38. The molecule has 2 heteroatoms. The van der Waals surface area contributed by atoms with Crippen molar-refractivity contribution in [3.05, 3.63) is 120 Å². The molecule has 1 heterocycles. The first-order valence-corrected chi connectivity index (χ1v) is 23.9. The first kappa shape index (κ1) is 32.8. The van der Waals surface area contributed by atoms with Gasteiger partial charge in [0.1, 0.15) is 0 Å². The Morgan fingerprint density at radius 1 is 0.345 bits per heavy atom. The van der Waals surface area contributed by atoms with Crippen molar-refractivity contribution in [2.24, 2.45) is 82.9 Å². The van der Waals surface area contributed by atoms with Crippen molar-refractivity contribution in [2.75, 3.05) is 0 Å². The Morgan fingerprint density at radius 2 is 0.724 bits per heavy atom. The van der Waals surface area contributed by atoms with E-state index in [-0.39, 0.29) is 0 Å². The molecule has 0 spiro atoms. The van der Waals surface area contributed by atoms with Crippen LogP contribution in [0, 0.1) is 82.9 Å². The maximum atomic E-state index is 5.38. The van der Waals surface area contributed by atoms with Gasteiger partial charge in [-0.05, 0) is 188 Å². The fourth-order valence-electron chi connectivity index (χ4n) is 19.2. The van der Waals surface area contributed by atoms with Crippen molar-refractivity contribution in [1.29, 1.82) is 0 Å². The average Bonchev–Trinajstić information content (AvgIpc) is 3.29. The van der Waals surface area contributed by atoms with E-state index in [1.807, 2.05) is 0 Å². The summed E-state index contributed by atoms with van der Waals surface area (Å²) in [5.74, 6) is 14.6. The van der Waals surface area contributed by atoms with Crippen molar-refractivity contribution in [3.8, 4) is 45.0 Å². The molecule has 4 aromatic carbocycles. The Morgan fingerprint density at radius 3 is 1.17 bits per heavy atom. The summed E-state index contributed by atoms with van der Waals surface area (Å²) in [5, 5.41) is 0. The highest BCUT2D eigenvalue weighted by atomic mass is 14.9. The first-order chi connectivity index (χ1) is 28.6. The number of rotatable bonds is 6. The van der Waals surface area contributed by atoms with Crippen LogP contribution >= 0.6 is 0 Å². The van der Waals surface area contributed by atoms with Gasteiger partial charge in [-0.2, -0.15) is 0 Å². The minimum Gasteiger partial charge on any atom is -0.228 e. The smallest absolute Gasteiger partial charge is 0.160 e. The second-order valence-corrected chi connectivity index (χ2v) is 22.3.